The summed E-state index contributed by atoms with van der Waals surface area (Å²) < 4.78 is 10.3. The molecule has 0 bridgehead atoms. The molecule has 1 heterocycles. The summed E-state index contributed by atoms with van der Waals surface area (Å²) in [5.41, 5.74) is 0.812. The molecule has 1 aliphatic heterocycles. The molecule has 0 spiro atoms. The summed E-state index contributed by atoms with van der Waals surface area (Å²) in [6.45, 7) is 0.0185. The van der Waals surface area contributed by atoms with Gasteiger partial charge in [-0.15, -0.1) is 0 Å². The van der Waals surface area contributed by atoms with Crippen molar-refractivity contribution in [1.29, 1.82) is 0 Å². The van der Waals surface area contributed by atoms with Crippen LogP contribution in [0.25, 0.3) is 6.08 Å². The quantitative estimate of drug-likeness (QED) is 0.138. The second-order valence-corrected chi connectivity index (χ2v) is 8.84. The molecule has 4 rings (SSSR count). The zero-order valence-electron chi connectivity index (χ0n) is 20.0. The van der Waals surface area contributed by atoms with Gasteiger partial charge in [0.05, 0.1) is 33.3 Å². The molecule has 198 valence electrons. The first-order chi connectivity index (χ1) is 18.6. The number of hydrogen-bond donors (Lipinski definition) is 1. The molecule has 1 N–H and O–H groups in total. The van der Waals surface area contributed by atoms with Crippen LogP contribution in [-0.2, 0) is 20.9 Å². The van der Waals surface area contributed by atoms with Crippen LogP contribution in [0.1, 0.15) is 21.5 Å². The fourth-order valence-corrected chi connectivity index (χ4v) is 4.21. The number of nitro benzene ring substituents is 1. The molecule has 1 fully saturated rings. The van der Waals surface area contributed by atoms with E-state index in [9.17, 15) is 29.3 Å². The maximum Gasteiger partial charge on any atom is 0.337 e. The van der Waals surface area contributed by atoms with Crippen LogP contribution in [0.3, 0.4) is 0 Å². The predicted molar refractivity (Wildman–Crippen MR) is 141 cm³/mol. The maximum atomic E-state index is 13.1. The number of carbonyl (C=O) groups is 4. The van der Waals surface area contributed by atoms with Crippen LogP contribution in [0.15, 0.2) is 66.2 Å². The van der Waals surface area contributed by atoms with Crippen molar-refractivity contribution in [2.75, 3.05) is 12.0 Å². The molecule has 3 aromatic carbocycles. The van der Waals surface area contributed by atoms with Crippen LogP contribution in [0.2, 0.25) is 10.0 Å². The Morgan fingerprint density at radius 1 is 1.03 bits per heavy atom. The van der Waals surface area contributed by atoms with Gasteiger partial charge < -0.3 is 9.47 Å². The van der Waals surface area contributed by atoms with Gasteiger partial charge in [-0.3, -0.25) is 25.0 Å². The van der Waals surface area contributed by atoms with E-state index >= 15 is 0 Å². The summed E-state index contributed by atoms with van der Waals surface area (Å²) in [5, 5.41) is 13.1. The zero-order chi connectivity index (χ0) is 28.3. The highest BCUT2D eigenvalue weighted by atomic mass is 35.5. The van der Waals surface area contributed by atoms with Crippen LogP contribution in [0.4, 0.5) is 16.2 Å². The number of amides is 4. The zero-order valence-corrected chi connectivity index (χ0v) is 21.5. The molecule has 0 aromatic heterocycles. The van der Waals surface area contributed by atoms with E-state index in [-0.39, 0.29) is 50.5 Å². The average Bonchev–Trinajstić information content (AvgIpc) is 2.90. The summed E-state index contributed by atoms with van der Waals surface area (Å²) in [6.07, 6.45) is 1.22. The normalized spacial score (nSPS) is 14.3. The molecule has 11 nitrogen and oxygen atoms in total. The van der Waals surface area contributed by atoms with Gasteiger partial charge in [-0.25, -0.2) is 14.5 Å². The Bertz CT molecular complexity index is 1510. The number of imide groups is 2. The van der Waals surface area contributed by atoms with Gasteiger partial charge in [-0.2, -0.15) is 0 Å². The molecule has 1 aliphatic rings. The van der Waals surface area contributed by atoms with Crippen molar-refractivity contribution in [2.24, 2.45) is 0 Å². The second kappa shape index (κ2) is 11.3. The molecule has 1 saturated heterocycles. The molecule has 0 unspecified atom stereocenters. The lowest BCUT2D eigenvalue weighted by Crippen LogP contribution is -2.54. The van der Waals surface area contributed by atoms with Gasteiger partial charge in [-0.1, -0.05) is 23.2 Å². The van der Waals surface area contributed by atoms with E-state index < -0.39 is 28.7 Å². The van der Waals surface area contributed by atoms with Crippen molar-refractivity contribution < 1.29 is 33.6 Å². The van der Waals surface area contributed by atoms with Crippen molar-refractivity contribution in [3.05, 3.63) is 103 Å². The van der Waals surface area contributed by atoms with Gasteiger partial charge in [0.2, 0.25) is 0 Å². The molecule has 13 heteroatoms. The number of urea groups is 1. The number of barbiturate groups is 1. The number of non-ortho nitro benzene ring substituents is 1. The highest BCUT2D eigenvalue weighted by Gasteiger charge is 2.37. The van der Waals surface area contributed by atoms with Crippen molar-refractivity contribution in [1.82, 2.24) is 5.32 Å². The number of anilines is 1. The van der Waals surface area contributed by atoms with Gasteiger partial charge in [-0.05, 0) is 65.7 Å². The van der Waals surface area contributed by atoms with Crippen LogP contribution in [0.5, 0.6) is 5.75 Å². The molecule has 0 radical (unpaired) electrons. The van der Waals surface area contributed by atoms with E-state index in [0.717, 1.165) is 4.90 Å². The molecule has 3 aromatic rings. The van der Waals surface area contributed by atoms with Gasteiger partial charge >= 0.3 is 12.0 Å². The summed E-state index contributed by atoms with van der Waals surface area (Å²) in [4.78, 5) is 60.8. The highest BCUT2D eigenvalue weighted by molar-refractivity contribution is 6.40. The number of halogens is 2. The first-order valence-corrected chi connectivity index (χ1v) is 11.8. The highest BCUT2D eigenvalue weighted by Crippen LogP contribution is 2.36. The number of esters is 1. The lowest BCUT2D eigenvalue weighted by atomic mass is 10.1. The van der Waals surface area contributed by atoms with Gasteiger partial charge in [0.1, 0.15) is 12.2 Å². The van der Waals surface area contributed by atoms with E-state index in [0.29, 0.717) is 5.56 Å². The summed E-state index contributed by atoms with van der Waals surface area (Å²) in [7, 11) is 1.22. The molecule has 0 aliphatic carbocycles. The lowest BCUT2D eigenvalue weighted by Gasteiger charge is -2.26. The fraction of sp³-hybridized carbons (Fsp3) is 0.0769. The largest absolute Gasteiger partial charge is 0.486 e. The number of nitro groups is 1. The Hall–Kier alpha value is -4.74. The fourth-order valence-electron chi connectivity index (χ4n) is 3.59. The van der Waals surface area contributed by atoms with Crippen LogP contribution < -0.4 is 15.0 Å². The van der Waals surface area contributed by atoms with Crippen molar-refractivity contribution in [3.63, 3.8) is 0 Å². The number of carbonyl (C=O) groups excluding carboxylic acids is 4. The second-order valence-electron chi connectivity index (χ2n) is 8.02. The number of nitrogens with zero attached hydrogens (tertiary/aromatic N) is 2. The number of nitrogens with one attached hydrogen (secondary N) is 1. The summed E-state index contributed by atoms with van der Waals surface area (Å²) >= 11 is 12.7. The lowest BCUT2D eigenvalue weighted by molar-refractivity contribution is -0.384. The third-order valence-corrected chi connectivity index (χ3v) is 6.07. The Morgan fingerprint density at radius 2 is 1.64 bits per heavy atom. The van der Waals surface area contributed by atoms with Crippen LogP contribution in [-0.4, -0.2) is 35.8 Å². The third-order valence-electron chi connectivity index (χ3n) is 5.51. The summed E-state index contributed by atoms with van der Waals surface area (Å²) in [6, 6.07) is 13.1. The van der Waals surface area contributed by atoms with Crippen molar-refractivity contribution >= 4 is 64.5 Å². The number of ether oxygens (including phenoxy) is 2. The maximum absolute atomic E-state index is 13.1. The Kier molecular flexibility index (Phi) is 7.93. The molecule has 39 heavy (non-hydrogen) atoms. The molecular formula is C26H17Cl2N3O8. The monoisotopic (exact) mass is 569 g/mol. The van der Waals surface area contributed by atoms with E-state index in [1.807, 2.05) is 0 Å². The average molecular weight is 570 g/mol. The molecule has 0 atom stereocenters. The Morgan fingerprint density at radius 3 is 2.21 bits per heavy atom. The minimum absolute atomic E-state index is 0.0185. The van der Waals surface area contributed by atoms with Crippen molar-refractivity contribution in [3.8, 4) is 5.75 Å². The van der Waals surface area contributed by atoms with E-state index in [1.54, 1.807) is 0 Å². The summed E-state index contributed by atoms with van der Waals surface area (Å²) in [5.74, 6) is -2.29. The standard InChI is InChI=1S/C26H17Cl2N3O8/c1-38-25(34)16-4-8-17(9-5-16)30-24(33)19(23(32)29-26(30)35)10-15-11-20(27)22(21(28)12-15)39-13-14-2-6-18(7-3-14)31(36)37/h2-12H,13H2,1H3,(H,29,32,35)/b19-10+. The van der Waals surface area contributed by atoms with Gasteiger partial charge in [0, 0.05) is 12.1 Å². The van der Waals surface area contributed by atoms with E-state index in [4.69, 9.17) is 27.9 Å². The third kappa shape index (κ3) is 5.89. The van der Waals surface area contributed by atoms with E-state index in [2.05, 4.69) is 10.1 Å². The SMILES string of the molecule is COC(=O)c1ccc(N2C(=O)NC(=O)/C(=C\c3cc(Cl)c(OCc4ccc([N+](=O)[O-])cc4)c(Cl)c3)C2=O)cc1. The Labute approximate surface area is 230 Å². The Balaban J connectivity index is 1.56. The van der Waals surface area contributed by atoms with E-state index in [1.165, 1.54) is 73.8 Å². The van der Waals surface area contributed by atoms with Crippen LogP contribution in [0, 0.1) is 10.1 Å². The number of hydrogen-bond acceptors (Lipinski definition) is 8. The first kappa shape index (κ1) is 27.3. The molecule has 4 amide bonds. The van der Waals surface area contributed by atoms with Crippen LogP contribution >= 0.6 is 23.2 Å². The number of benzene rings is 3. The minimum Gasteiger partial charge on any atom is -0.486 e. The number of methoxy groups -OCH3 is 1. The molecule has 0 saturated carbocycles. The topological polar surface area (TPSA) is 145 Å². The van der Waals surface area contributed by atoms with Crippen molar-refractivity contribution in [2.45, 2.75) is 6.61 Å². The minimum atomic E-state index is -0.959. The predicted octanol–water partition coefficient (Wildman–Crippen LogP) is 4.93. The smallest absolute Gasteiger partial charge is 0.337 e. The first-order valence-electron chi connectivity index (χ1n) is 11.0. The molecular weight excluding hydrogens is 553 g/mol. The van der Waals surface area contributed by atoms with Gasteiger partial charge in [0.25, 0.3) is 17.5 Å². The number of rotatable bonds is 7. The van der Waals surface area contributed by atoms with Gasteiger partial charge in [0.15, 0.2) is 5.75 Å².